The molecule has 1 amide bonds. The molecule has 0 bridgehead atoms. The molecule has 0 atom stereocenters. The van der Waals surface area contributed by atoms with E-state index in [9.17, 15) is 4.79 Å². The van der Waals surface area contributed by atoms with Crippen molar-refractivity contribution >= 4 is 11.6 Å². The van der Waals surface area contributed by atoms with Gasteiger partial charge in [0.05, 0.1) is 0 Å². The molecular formula is C21H26N2O2. The summed E-state index contributed by atoms with van der Waals surface area (Å²) in [5.41, 5.74) is 8.99. The van der Waals surface area contributed by atoms with E-state index in [1.165, 1.54) is 5.56 Å². The minimum absolute atomic E-state index is 0.191. The number of carbonyl (C=O) groups is 1. The largest absolute Gasteiger partial charge is 0.490 e. The van der Waals surface area contributed by atoms with Crippen molar-refractivity contribution in [3.63, 3.8) is 0 Å². The van der Waals surface area contributed by atoms with Gasteiger partial charge in [-0.1, -0.05) is 35.9 Å². The van der Waals surface area contributed by atoms with Crippen molar-refractivity contribution in [2.75, 3.05) is 18.8 Å². The molecule has 0 aliphatic carbocycles. The summed E-state index contributed by atoms with van der Waals surface area (Å²) in [4.78, 5) is 14.4. The van der Waals surface area contributed by atoms with E-state index in [2.05, 4.69) is 19.1 Å². The molecule has 2 aromatic rings. The molecule has 0 radical (unpaired) electrons. The number of amides is 1. The lowest BCUT2D eigenvalue weighted by Crippen LogP contribution is -2.41. The van der Waals surface area contributed by atoms with Crippen LogP contribution in [-0.4, -0.2) is 30.0 Å². The second kappa shape index (κ2) is 8.06. The number of nitrogen functional groups attached to an aromatic ring is 1. The predicted octanol–water partition coefficient (Wildman–Crippen LogP) is 3.58. The third kappa shape index (κ3) is 4.75. The molecule has 4 heteroatoms. The van der Waals surface area contributed by atoms with Gasteiger partial charge in [-0.2, -0.15) is 0 Å². The van der Waals surface area contributed by atoms with Gasteiger partial charge >= 0.3 is 0 Å². The molecule has 0 spiro atoms. The third-order valence-corrected chi connectivity index (χ3v) is 4.78. The number of carbonyl (C=O) groups excluding carboxylic acids is 1. The van der Waals surface area contributed by atoms with Gasteiger partial charge in [0.25, 0.3) is 0 Å². The van der Waals surface area contributed by atoms with E-state index in [1.54, 1.807) is 0 Å². The Morgan fingerprint density at radius 1 is 1.12 bits per heavy atom. The van der Waals surface area contributed by atoms with Crippen LogP contribution in [0, 0.1) is 6.92 Å². The first-order valence-electron chi connectivity index (χ1n) is 8.96. The number of hydrogen-bond donors (Lipinski definition) is 1. The molecule has 25 heavy (non-hydrogen) atoms. The average molecular weight is 338 g/mol. The molecule has 0 aromatic heterocycles. The van der Waals surface area contributed by atoms with Crippen molar-refractivity contribution in [3.8, 4) is 5.75 Å². The van der Waals surface area contributed by atoms with Crippen molar-refractivity contribution in [1.82, 2.24) is 4.90 Å². The van der Waals surface area contributed by atoms with Crippen LogP contribution in [0.1, 0.15) is 30.4 Å². The number of hydrogen-bond acceptors (Lipinski definition) is 3. The maximum Gasteiger partial charge on any atom is 0.222 e. The highest BCUT2D eigenvalue weighted by atomic mass is 16.5. The summed E-state index contributed by atoms with van der Waals surface area (Å²) in [5.74, 6) is 1.12. The van der Waals surface area contributed by atoms with Crippen molar-refractivity contribution in [3.05, 3.63) is 59.7 Å². The van der Waals surface area contributed by atoms with Gasteiger partial charge in [0.15, 0.2) is 0 Å². The average Bonchev–Trinajstić information content (AvgIpc) is 2.63. The fourth-order valence-corrected chi connectivity index (χ4v) is 3.19. The molecule has 0 saturated carbocycles. The second-order valence-electron chi connectivity index (χ2n) is 6.71. The van der Waals surface area contributed by atoms with Gasteiger partial charge in [0, 0.05) is 38.0 Å². The number of aryl methyl sites for hydroxylation is 2. The van der Waals surface area contributed by atoms with E-state index in [0.29, 0.717) is 12.8 Å². The maximum absolute atomic E-state index is 12.4. The van der Waals surface area contributed by atoms with Crippen LogP contribution in [0.5, 0.6) is 5.75 Å². The fourth-order valence-electron chi connectivity index (χ4n) is 3.19. The fraction of sp³-hybridized carbons (Fsp3) is 0.381. The van der Waals surface area contributed by atoms with E-state index in [0.717, 1.165) is 42.9 Å². The van der Waals surface area contributed by atoms with Gasteiger partial charge < -0.3 is 15.4 Å². The smallest absolute Gasteiger partial charge is 0.222 e. The van der Waals surface area contributed by atoms with E-state index in [1.807, 2.05) is 41.3 Å². The molecular weight excluding hydrogens is 312 g/mol. The predicted molar refractivity (Wildman–Crippen MR) is 101 cm³/mol. The van der Waals surface area contributed by atoms with Crippen LogP contribution >= 0.6 is 0 Å². The second-order valence-corrected chi connectivity index (χ2v) is 6.71. The standard InChI is InChI=1S/C21H26N2O2/c1-16-6-9-18(10-7-16)25-19-12-14-23(15-13-19)21(24)11-8-17-4-2-3-5-20(17)22/h2-7,9-10,19H,8,11-15,22H2,1H3. The number of para-hydroxylation sites is 1. The Morgan fingerprint density at radius 2 is 1.80 bits per heavy atom. The molecule has 1 aliphatic rings. The summed E-state index contributed by atoms with van der Waals surface area (Å²) in [6, 6.07) is 15.9. The summed E-state index contributed by atoms with van der Waals surface area (Å²) in [6.07, 6.45) is 3.17. The van der Waals surface area contributed by atoms with Crippen LogP contribution in [0.2, 0.25) is 0 Å². The van der Waals surface area contributed by atoms with Crippen LogP contribution in [0.3, 0.4) is 0 Å². The lowest BCUT2D eigenvalue weighted by atomic mass is 10.0. The summed E-state index contributed by atoms with van der Waals surface area (Å²) < 4.78 is 6.03. The van der Waals surface area contributed by atoms with E-state index >= 15 is 0 Å². The van der Waals surface area contributed by atoms with Gasteiger partial charge in [-0.25, -0.2) is 0 Å². The zero-order valence-corrected chi connectivity index (χ0v) is 14.8. The van der Waals surface area contributed by atoms with Crippen molar-refractivity contribution in [2.24, 2.45) is 0 Å². The number of rotatable bonds is 5. The number of ether oxygens (including phenoxy) is 1. The Kier molecular flexibility index (Phi) is 5.59. The summed E-state index contributed by atoms with van der Waals surface area (Å²) >= 11 is 0. The quantitative estimate of drug-likeness (QED) is 0.848. The zero-order chi connectivity index (χ0) is 17.6. The van der Waals surface area contributed by atoms with Crippen LogP contribution < -0.4 is 10.5 Å². The van der Waals surface area contributed by atoms with E-state index in [-0.39, 0.29) is 12.0 Å². The summed E-state index contributed by atoms with van der Waals surface area (Å²) in [5, 5.41) is 0. The first-order chi connectivity index (χ1) is 12.1. The lowest BCUT2D eigenvalue weighted by molar-refractivity contribution is -0.132. The first-order valence-corrected chi connectivity index (χ1v) is 8.96. The van der Waals surface area contributed by atoms with Gasteiger partial charge in [-0.05, 0) is 37.1 Å². The molecule has 1 saturated heterocycles. The molecule has 132 valence electrons. The number of benzene rings is 2. The first kappa shape index (κ1) is 17.3. The number of piperidine rings is 1. The molecule has 1 aliphatic heterocycles. The van der Waals surface area contributed by atoms with Gasteiger partial charge in [0.1, 0.15) is 11.9 Å². The highest BCUT2D eigenvalue weighted by Crippen LogP contribution is 2.20. The van der Waals surface area contributed by atoms with Gasteiger partial charge in [-0.3, -0.25) is 4.79 Å². The molecule has 4 nitrogen and oxygen atoms in total. The van der Waals surface area contributed by atoms with Crippen molar-refractivity contribution in [2.45, 2.75) is 38.7 Å². The molecule has 1 heterocycles. The molecule has 0 unspecified atom stereocenters. The summed E-state index contributed by atoms with van der Waals surface area (Å²) in [6.45, 7) is 3.59. The molecule has 1 fully saturated rings. The maximum atomic E-state index is 12.4. The van der Waals surface area contributed by atoms with Crippen LogP contribution in [0.4, 0.5) is 5.69 Å². The Balaban J connectivity index is 1.44. The highest BCUT2D eigenvalue weighted by molar-refractivity contribution is 5.76. The van der Waals surface area contributed by atoms with Crippen molar-refractivity contribution < 1.29 is 9.53 Å². The van der Waals surface area contributed by atoms with E-state index < -0.39 is 0 Å². The Morgan fingerprint density at radius 3 is 2.48 bits per heavy atom. The van der Waals surface area contributed by atoms with Crippen LogP contribution in [-0.2, 0) is 11.2 Å². The van der Waals surface area contributed by atoms with Gasteiger partial charge in [-0.15, -0.1) is 0 Å². The number of anilines is 1. The molecule has 3 rings (SSSR count). The number of likely N-dealkylation sites (tertiary alicyclic amines) is 1. The van der Waals surface area contributed by atoms with E-state index in [4.69, 9.17) is 10.5 Å². The van der Waals surface area contributed by atoms with Crippen LogP contribution in [0.25, 0.3) is 0 Å². The Hall–Kier alpha value is -2.49. The van der Waals surface area contributed by atoms with Crippen LogP contribution in [0.15, 0.2) is 48.5 Å². The number of nitrogens with zero attached hydrogens (tertiary/aromatic N) is 1. The minimum Gasteiger partial charge on any atom is -0.490 e. The number of nitrogens with two attached hydrogens (primary N) is 1. The minimum atomic E-state index is 0.191. The SMILES string of the molecule is Cc1ccc(OC2CCN(C(=O)CCc3ccccc3N)CC2)cc1. The zero-order valence-electron chi connectivity index (χ0n) is 14.8. The normalized spacial score (nSPS) is 15.2. The highest BCUT2D eigenvalue weighted by Gasteiger charge is 2.23. The topological polar surface area (TPSA) is 55.6 Å². The molecule has 2 aromatic carbocycles. The monoisotopic (exact) mass is 338 g/mol. The Labute approximate surface area is 149 Å². The Bertz CT molecular complexity index is 704. The third-order valence-electron chi connectivity index (χ3n) is 4.78. The molecule has 2 N–H and O–H groups in total. The van der Waals surface area contributed by atoms with Crippen molar-refractivity contribution in [1.29, 1.82) is 0 Å². The van der Waals surface area contributed by atoms with Gasteiger partial charge in [0.2, 0.25) is 5.91 Å². The summed E-state index contributed by atoms with van der Waals surface area (Å²) in [7, 11) is 0. The lowest BCUT2D eigenvalue weighted by Gasteiger charge is -2.32.